The van der Waals surface area contributed by atoms with Gasteiger partial charge in [0.2, 0.25) is 5.91 Å². The maximum atomic E-state index is 12.1. The van der Waals surface area contributed by atoms with Crippen LogP contribution in [-0.4, -0.2) is 30.1 Å². The molecular weight excluding hydrogens is 368 g/mol. The first-order valence-electron chi connectivity index (χ1n) is 8.67. The summed E-state index contributed by atoms with van der Waals surface area (Å²) >= 11 is 5.98. The summed E-state index contributed by atoms with van der Waals surface area (Å²) in [7, 11) is 0. The van der Waals surface area contributed by atoms with Crippen LogP contribution in [0.2, 0.25) is 5.02 Å². The highest BCUT2D eigenvalue weighted by molar-refractivity contribution is 6.31. The predicted molar refractivity (Wildman–Crippen MR) is 106 cm³/mol. The Hall–Kier alpha value is -2.80. The summed E-state index contributed by atoms with van der Waals surface area (Å²) in [6, 6.07) is 8.15. The minimum Gasteiger partial charge on any atom is -0.491 e. The number of amides is 3. The first-order chi connectivity index (χ1) is 13.0. The van der Waals surface area contributed by atoms with Crippen LogP contribution in [0.3, 0.4) is 0 Å². The monoisotopic (exact) mass is 390 g/mol. The molecule has 27 heavy (non-hydrogen) atoms. The number of halogens is 1. The lowest BCUT2D eigenvalue weighted by Crippen LogP contribution is -2.31. The van der Waals surface area contributed by atoms with Gasteiger partial charge in [-0.1, -0.05) is 24.6 Å². The van der Waals surface area contributed by atoms with Crippen molar-refractivity contribution in [1.82, 2.24) is 10.3 Å². The normalized spacial score (nSPS) is 10.2. The molecule has 0 bridgehead atoms. The molecule has 3 amide bonds. The lowest BCUT2D eigenvalue weighted by molar-refractivity contribution is -0.116. The van der Waals surface area contributed by atoms with E-state index in [-0.39, 0.29) is 18.9 Å². The number of carbonyl (C=O) groups is 2. The second kappa shape index (κ2) is 10.4. The van der Waals surface area contributed by atoms with Gasteiger partial charge in [-0.15, -0.1) is 0 Å². The highest BCUT2D eigenvalue weighted by atomic mass is 35.5. The van der Waals surface area contributed by atoms with Crippen molar-refractivity contribution in [2.75, 3.05) is 23.8 Å². The van der Waals surface area contributed by atoms with Crippen LogP contribution in [0.15, 0.2) is 36.5 Å². The quantitative estimate of drug-likeness (QED) is 0.635. The molecule has 3 N–H and O–H groups in total. The van der Waals surface area contributed by atoms with Crippen molar-refractivity contribution < 1.29 is 14.3 Å². The van der Waals surface area contributed by atoms with Gasteiger partial charge in [-0.2, -0.15) is 0 Å². The number of aryl methyl sites for hydroxylation is 1. The number of carbonyl (C=O) groups excluding carboxylic acids is 2. The Kier molecular flexibility index (Phi) is 7.88. The average Bonchev–Trinajstić information content (AvgIpc) is 2.63. The Balaban J connectivity index is 1.79. The number of urea groups is 1. The molecule has 0 aliphatic heterocycles. The highest BCUT2D eigenvalue weighted by Gasteiger charge is 2.10. The van der Waals surface area contributed by atoms with Crippen LogP contribution in [0.5, 0.6) is 5.75 Å². The molecule has 0 aliphatic rings. The van der Waals surface area contributed by atoms with E-state index in [9.17, 15) is 9.59 Å². The zero-order valence-electron chi connectivity index (χ0n) is 15.3. The summed E-state index contributed by atoms with van der Waals surface area (Å²) in [6.07, 6.45) is 2.64. The number of ether oxygens (including phenoxy) is 1. The van der Waals surface area contributed by atoms with E-state index < -0.39 is 6.03 Å². The average molecular weight is 391 g/mol. The Morgan fingerprint density at radius 2 is 2.00 bits per heavy atom. The standard InChI is InChI=1S/C19H23ClN4O3/c1-3-10-27-16-6-5-14(20)11-15(16)23-19(26)21-9-8-18(25)24-17-7-4-13(2)12-22-17/h4-7,11-12H,3,8-10H2,1-2H3,(H2,21,23,26)(H,22,24,25). The fourth-order valence-electron chi connectivity index (χ4n) is 2.14. The summed E-state index contributed by atoms with van der Waals surface area (Å²) in [5.74, 6) is 0.785. The minimum absolute atomic E-state index is 0.123. The number of aromatic nitrogens is 1. The molecule has 0 fully saturated rings. The molecule has 0 unspecified atom stereocenters. The van der Waals surface area contributed by atoms with E-state index in [1.807, 2.05) is 19.9 Å². The van der Waals surface area contributed by atoms with Crippen molar-refractivity contribution in [2.24, 2.45) is 0 Å². The molecule has 8 heteroatoms. The number of anilines is 2. The zero-order chi connectivity index (χ0) is 19.6. The van der Waals surface area contributed by atoms with Crippen molar-refractivity contribution in [3.8, 4) is 5.75 Å². The van der Waals surface area contributed by atoms with Crippen LogP contribution in [0.25, 0.3) is 0 Å². The van der Waals surface area contributed by atoms with Crippen LogP contribution >= 0.6 is 11.6 Å². The smallest absolute Gasteiger partial charge is 0.319 e. The molecule has 0 saturated heterocycles. The third-order valence-corrected chi connectivity index (χ3v) is 3.70. The number of hydrogen-bond acceptors (Lipinski definition) is 4. The number of rotatable bonds is 8. The molecule has 0 aliphatic carbocycles. The zero-order valence-corrected chi connectivity index (χ0v) is 16.1. The fourth-order valence-corrected chi connectivity index (χ4v) is 2.31. The maximum Gasteiger partial charge on any atom is 0.319 e. The van der Waals surface area contributed by atoms with Gasteiger partial charge in [0.25, 0.3) is 0 Å². The number of nitrogens with one attached hydrogen (secondary N) is 3. The Morgan fingerprint density at radius 1 is 1.19 bits per heavy atom. The van der Waals surface area contributed by atoms with Crippen molar-refractivity contribution in [3.05, 3.63) is 47.1 Å². The van der Waals surface area contributed by atoms with Crippen molar-refractivity contribution in [3.63, 3.8) is 0 Å². The van der Waals surface area contributed by atoms with E-state index in [1.165, 1.54) is 0 Å². The Bertz CT molecular complexity index is 781. The van der Waals surface area contributed by atoms with Crippen LogP contribution in [0.1, 0.15) is 25.3 Å². The van der Waals surface area contributed by atoms with Gasteiger partial charge in [0, 0.05) is 24.2 Å². The lowest BCUT2D eigenvalue weighted by atomic mass is 10.3. The van der Waals surface area contributed by atoms with E-state index in [2.05, 4.69) is 20.9 Å². The van der Waals surface area contributed by atoms with Gasteiger partial charge in [-0.05, 0) is 43.2 Å². The summed E-state index contributed by atoms with van der Waals surface area (Å²) in [6.45, 7) is 4.62. The van der Waals surface area contributed by atoms with Crippen molar-refractivity contribution >= 4 is 35.0 Å². The van der Waals surface area contributed by atoms with E-state index in [0.29, 0.717) is 28.9 Å². The summed E-state index contributed by atoms with van der Waals surface area (Å²) in [4.78, 5) is 28.1. The Morgan fingerprint density at radius 3 is 2.70 bits per heavy atom. The van der Waals surface area contributed by atoms with Gasteiger partial charge < -0.3 is 20.7 Å². The molecule has 0 spiro atoms. The number of hydrogen-bond donors (Lipinski definition) is 3. The van der Waals surface area contributed by atoms with E-state index >= 15 is 0 Å². The Labute approximate surface area is 163 Å². The molecule has 2 rings (SSSR count). The second-order valence-corrected chi connectivity index (χ2v) is 6.33. The van der Waals surface area contributed by atoms with Crippen LogP contribution in [0.4, 0.5) is 16.3 Å². The van der Waals surface area contributed by atoms with Crippen LogP contribution in [0, 0.1) is 6.92 Å². The van der Waals surface area contributed by atoms with E-state index in [1.54, 1.807) is 30.5 Å². The second-order valence-electron chi connectivity index (χ2n) is 5.89. The van der Waals surface area contributed by atoms with E-state index in [4.69, 9.17) is 16.3 Å². The number of pyridine rings is 1. The van der Waals surface area contributed by atoms with Gasteiger partial charge >= 0.3 is 6.03 Å². The molecule has 0 radical (unpaired) electrons. The third kappa shape index (κ3) is 7.15. The van der Waals surface area contributed by atoms with Gasteiger partial charge in [0.15, 0.2) is 0 Å². The lowest BCUT2D eigenvalue weighted by Gasteiger charge is -2.13. The molecule has 1 aromatic heterocycles. The number of benzene rings is 1. The van der Waals surface area contributed by atoms with Crippen molar-refractivity contribution in [2.45, 2.75) is 26.7 Å². The maximum absolute atomic E-state index is 12.1. The molecular formula is C19H23ClN4O3. The first kappa shape index (κ1) is 20.5. The minimum atomic E-state index is -0.445. The molecule has 1 heterocycles. The molecule has 144 valence electrons. The SMILES string of the molecule is CCCOc1ccc(Cl)cc1NC(=O)NCCC(=O)Nc1ccc(C)cn1. The molecule has 7 nitrogen and oxygen atoms in total. The topological polar surface area (TPSA) is 92.4 Å². The van der Waals surface area contributed by atoms with Gasteiger partial charge in [-0.25, -0.2) is 9.78 Å². The van der Waals surface area contributed by atoms with Crippen LogP contribution < -0.4 is 20.7 Å². The molecule has 0 atom stereocenters. The summed E-state index contributed by atoms with van der Waals surface area (Å²) < 4.78 is 5.59. The predicted octanol–water partition coefficient (Wildman–Crippen LogP) is 3.98. The van der Waals surface area contributed by atoms with Crippen molar-refractivity contribution in [1.29, 1.82) is 0 Å². The molecule has 2 aromatic rings. The largest absolute Gasteiger partial charge is 0.491 e. The fraction of sp³-hybridized carbons (Fsp3) is 0.316. The van der Waals surface area contributed by atoms with Gasteiger partial charge in [0.1, 0.15) is 11.6 Å². The summed E-state index contributed by atoms with van der Waals surface area (Å²) in [5.41, 5.74) is 1.48. The molecule has 0 saturated carbocycles. The molecule has 1 aromatic carbocycles. The van der Waals surface area contributed by atoms with Gasteiger partial charge in [-0.3, -0.25) is 4.79 Å². The van der Waals surface area contributed by atoms with E-state index in [0.717, 1.165) is 12.0 Å². The first-order valence-corrected chi connectivity index (χ1v) is 9.05. The van der Waals surface area contributed by atoms with Gasteiger partial charge in [0.05, 0.1) is 12.3 Å². The summed E-state index contributed by atoms with van der Waals surface area (Å²) in [5, 5.41) is 8.47. The van der Waals surface area contributed by atoms with Crippen LogP contribution in [-0.2, 0) is 4.79 Å². The highest BCUT2D eigenvalue weighted by Crippen LogP contribution is 2.28. The third-order valence-electron chi connectivity index (χ3n) is 3.47. The number of nitrogens with zero attached hydrogens (tertiary/aromatic N) is 1.